The molecule has 19 heavy (non-hydrogen) atoms. The monoisotopic (exact) mass is 320 g/mol. The van der Waals surface area contributed by atoms with Gasteiger partial charge in [-0.1, -0.05) is 12.6 Å². The highest BCUT2D eigenvalue weighted by Crippen LogP contribution is 2.43. The van der Waals surface area contributed by atoms with E-state index in [2.05, 4.69) is 26.4 Å². The minimum atomic E-state index is -4.42. The number of aliphatic hydroxyl groups excluding tert-OH is 2. The first-order chi connectivity index (χ1) is 8.80. The van der Waals surface area contributed by atoms with Gasteiger partial charge in [-0.15, -0.1) is 0 Å². The summed E-state index contributed by atoms with van der Waals surface area (Å²) in [5.74, 6) is 0. The van der Waals surface area contributed by atoms with Crippen molar-refractivity contribution in [3.63, 3.8) is 0 Å². The van der Waals surface area contributed by atoms with Gasteiger partial charge in [-0.2, -0.15) is 0 Å². The summed E-state index contributed by atoms with van der Waals surface area (Å²) in [4.78, 5) is 19.8. The molecule has 0 saturated heterocycles. The number of carbonyl (C=O) groups excluding carboxylic acids is 1. The first kappa shape index (κ1) is 18.8. The van der Waals surface area contributed by atoms with Gasteiger partial charge in [0, 0.05) is 7.11 Å². The molecule has 0 aliphatic carbocycles. The van der Waals surface area contributed by atoms with Crippen LogP contribution in [0.25, 0.3) is 0 Å². The van der Waals surface area contributed by atoms with Crippen LogP contribution in [0.5, 0.6) is 0 Å². The number of phosphoric acid groups is 1. The largest absolute Gasteiger partial charge is 0.472 e. The summed E-state index contributed by atoms with van der Waals surface area (Å²) in [7, 11) is -3.08. The van der Waals surface area contributed by atoms with Gasteiger partial charge in [-0.3, -0.25) is 9.05 Å². The Kier molecular flexibility index (Phi) is 9.58. The molecule has 3 N–H and O–H groups in total. The molecule has 0 radical (unpaired) electrons. The van der Waals surface area contributed by atoms with Gasteiger partial charge in [0.2, 0.25) is 0 Å². The molecule has 0 aliphatic rings. The Morgan fingerprint density at radius 2 is 1.89 bits per heavy atom. The van der Waals surface area contributed by atoms with Gasteiger partial charge in [0.05, 0.1) is 26.4 Å². The minimum absolute atomic E-state index is 0.0639. The maximum absolute atomic E-state index is 11.3. The molecule has 0 aliphatic heterocycles. The number of ether oxygens (including phenoxy) is 2. The molecule has 0 rings (SSSR count). The predicted octanol–water partition coefficient (Wildman–Crippen LogP) is -0.445. The van der Waals surface area contributed by atoms with Crippen LogP contribution in [0.15, 0.2) is 0 Å². The zero-order valence-corrected chi connectivity index (χ0v) is 12.0. The number of thiol groups is 1. The lowest BCUT2D eigenvalue weighted by Gasteiger charge is -2.18. The van der Waals surface area contributed by atoms with Crippen molar-refractivity contribution in [2.75, 3.05) is 33.5 Å². The van der Waals surface area contributed by atoms with Crippen molar-refractivity contribution < 1.29 is 43.0 Å². The van der Waals surface area contributed by atoms with E-state index in [-0.39, 0.29) is 6.61 Å². The molecule has 0 bridgehead atoms. The number of aliphatic hydroxyl groups is 2. The number of phosphoric ester groups is 1. The Labute approximate surface area is 115 Å². The van der Waals surface area contributed by atoms with Crippen molar-refractivity contribution in [1.29, 1.82) is 0 Å². The molecule has 0 fully saturated rings. The lowest BCUT2D eigenvalue weighted by atomic mass is 10.4. The van der Waals surface area contributed by atoms with Gasteiger partial charge in [0.15, 0.2) is 0 Å². The molecule has 0 aromatic carbocycles. The van der Waals surface area contributed by atoms with Gasteiger partial charge >= 0.3 is 13.1 Å². The molecule has 0 spiro atoms. The van der Waals surface area contributed by atoms with Crippen LogP contribution in [-0.4, -0.2) is 66.2 Å². The zero-order chi connectivity index (χ0) is 14.9. The summed E-state index contributed by atoms with van der Waals surface area (Å²) < 4.78 is 29.6. The van der Waals surface area contributed by atoms with Crippen molar-refractivity contribution >= 4 is 25.8 Å². The van der Waals surface area contributed by atoms with E-state index >= 15 is 0 Å². The maximum atomic E-state index is 11.3. The normalized spacial score (nSPS) is 17.5. The van der Waals surface area contributed by atoms with Crippen molar-refractivity contribution in [2.24, 2.45) is 0 Å². The molecule has 0 aromatic heterocycles. The third-order valence-corrected chi connectivity index (χ3v) is 2.74. The highest BCUT2D eigenvalue weighted by atomic mass is 32.1. The van der Waals surface area contributed by atoms with Gasteiger partial charge in [-0.05, 0) is 0 Å². The Morgan fingerprint density at radius 1 is 1.32 bits per heavy atom. The fourth-order valence-electron chi connectivity index (χ4n) is 0.892. The number of hydrogen-bond acceptors (Lipinski definition) is 8. The summed E-state index contributed by atoms with van der Waals surface area (Å²) >= 11 is 3.38. The van der Waals surface area contributed by atoms with Gasteiger partial charge in [0.25, 0.3) is 0 Å². The number of hydrogen-bond donors (Lipinski definition) is 4. The molecule has 0 saturated carbocycles. The molecular formula is C8H17O9PS. The second-order valence-corrected chi connectivity index (χ2v) is 5.18. The van der Waals surface area contributed by atoms with Crippen LogP contribution >= 0.6 is 20.5 Å². The van der Waals surface area contributed by atoms with Crippen LogP contribution in [-0.2, 0) is 23.1 Å². The Hall–Kier alpha value is -0.190. The number of rotatable bonds is 10. The summed E-state index contributed by atoms with van der Waals surface area (Å²) in [5, 5.41) is 16.5. The van der Waals surface area contributed by atoms with E-state index in [0.29, 0.717) is 0 Å². The highest BCUT2D eigenvalue weighted by molar-refractivity contribution is 7.96. The Morgan fingerprint density at radius 3 is 2.37 bits per heavy atom. The third kappa shape index (κ3) is 10.3. The maximum Gasteiger partial charge on any atom is 0.472 e. The molecule has 0 aromatic rings. The molecule has 3 atom stereocenters. The van der Waals surface area contributed by atoms with E-state index < -0.39 is 45.2 Å². The second kappa shape index (κ2) is 9.67. The molecular weight excluding hydrogens is 303 g/mol. The first-order valence-corrected chi connectivity index (χ1v) is 7.04. The van der Waals surface area contributed by atoms with Crippen LogP contribution in [0, 0.1) is 0 Å². The third-order valence-electron chi connectivity index (χ3n) is 1.68. The minimum Gasteiger partial charge on any atom is -0.449 e. The SMILES string of the molecule is COCC(COP(=O)(O)OCC(O)CO)OC(=O)S. The summed E-state index contributed by atoms with van der Waals surface area (Å²) in [6.07, 6.45) is -2.23. The highest BCUT2D eigenvalue weighted by Gasteiger charge is 2.25. The topological polar surface area (TPSA) is 132 Å². The van der Waals surface area contributed by atoms with Crippen molar-refractivity contribution in [3.05, 3.63) is 0 Å². The lowest BCUT2D eigenvalue weighted by molar-refractivity contribution is 0.00464. The van der Waals surface area contributed by atoms with Crippen LogP contribution in [0.1, 0.15) is 0 Å². The molecule has 114 valence electrons. The average Bonchev–Trinajstić information content (AvgIpc) is 2.33. The fourth-order valence-corrected chi connectivity index (χ4v) is 1.83. The first-order valence-electron chi connectivity index (χ1n) is 5.10. The smallest absolute Gasteiger partial charge is 0.449 e. The molecule has 0 amide bonds. The van der Waals surface area contributed by atoms with Gasteiger partial charge in [-0.25, -0.2) is 9.36 Å². The van der Waals surface area contributed by atoms with E-state index in [1.54, 1.807) is 0 Å². The molecule has 0 heterocycles. The second-order valence-electron chi connectivity index (χ2n) is 3.36. The summed E-state index contributed by atoms with van der Waals surface area (Å²) in [5.41, 5.74) is 0. The van der Waals surface area contributed by atoms with E-state index in [4.69, 9.17) is 14.9 Å². The number of methoxy groups -OCH3 is 1. The van der Waals surface area contributed by atoms with Crippen LogP contribution in [0.4, 0.5) is 4.79 Å². The van der Waals surface area contributed by atoms with Crippen molar-refractivity contribution in [3.8, 4) is 0 Å². The molecule has 9 nitrogen and oxygen atoms in total. The fraction of sp³-hybridized carbons (Fsp3) is 0.875. The Bertz CT molecular complexity index is 313. The standard InChI is InChI=1S/C8H17O9PS/c1-14-4-7(17-8(11)19)5-16-18(12,13)15-3-6(10)2-9/h6-7,9-10H,2-5H2,1H3,(H,11,19)(H,12,13). The van der Waals surface area contributed by atoms with E-state index in [9.17, 15) is 14.3 Å². The lowest BCUT2D eigenvalue weighted by Crippen LogP contribution is -2.26. The summed E-state index contributed by atoms with van der Waals surface area (Å²) in [6, 6.07) is 0. The zero-order valence-electron chi connectivity index (χ0n) is 10.2. The van der Waals surface area contributed by atoms with Crippen molar-refractivity contribution in [1.82, 2.24) is 0 Å². The van der Waals surface area contributed by atoms with Gasteiger partial charge in [0.1, 0.15) is 12.2 Å². The van der Waals surface area contributed by atoms with E-state index in [1.807, 2.05) is 0 Å². The number of carbonyl (C=O) groups is 1. The molecule has 3 unspecified atom stereocenters. The summed E-state index contributed by atoms with van der Waals surface area (Å²) in [6.45, 7) is -1.72. The van der Waals surface area contributed by atoms with Crippen LogP contribution < -0.4 is 0 Å². The van der Waals surface area contributed by atoms with E-state index in [1.165, 1.54) is 7.11 Å². The van der Waals surface area contributed by atoms with Crippen LogP contribution in [0.2, 0.25) is 0 Å². The van der Waals surface area contributed by atoms with Crippen molar-refractivity contribution in [2.45, 2.75) is 12.2 Å². The quantitative estimate of drug-likeness (QED) is 0.240. The van der Waals surface area contributed by atoms with Crippen LogP contribution in [0.3, 0.4) is 0 Å². The van der Waals surface area contributed by atoms with E-state index in [0.717, 1.165) is 0 Å². The Balaban J connectivity index is 4.16. The average molecular weight is 320 g/mol. The molecule has 11 heteroatoms. The predicted molar refractivity (Wildman–Crippen MR) is 66.0 cm³/mol. The van der Waals surface area contributed by atoms with Gasteiger partial charge < -0.3 is 24.6 Å².